The monoisotopic (exact) mass is 470 g/mol. The van der Waals surface area contributed by atoms with Gasteiger partial charge >= 0.3 is 0 Å². The quantitative estimate of drug-likeness (QED) is 0.519. The molecule has 1 heterocycles. The van der Waals surface area contributed by atoms with Gasteiger partial charge in [-0.3, -0.25) is 14.6 Å². The highest BCUT2D eigenvalue weighted by atomic mass is 35.5. The predicted octanol–water partition coefficient (Wildman–Crippen LogP) is 4.27. The van der Waals surface area contributed by atoms with Crippen LogP contribution in [0.3, 0.4) is 0 Å². The number of halogens is 1. The molecule has 178 valence electrons. The molecule has 0 bridgehead atoms. The molecule has 0 radical (unpaired) electrons. The van der Waals surface area contributed by atoms with Crippen molar-refractivity contribution in [3.63, 3.8) is 0 Å². The van der Waals surface area contributed by atoms with Crippen molar-refractivity contribution in [1.82, 2.24) is 10.6 Å². The molecule has 1 aromatic carbocycles. The standard InChI is InChI=1S/C26H35ClN4O2/c1-29-24-21(23(28)25(33)30-16-17-6-9-19(27)10-7-17)12-8-18(26(24)14-3-15-26)4-2-5-20-11-13-22(32)31-20/h6-7,9-10,18,20H,2-5,8,11-16,28H2,1H3,(H,30,33)(H,31,32)/t18?,20-/m0/s1. The summed E-state index contributed by atoms with van der Waals surface area (Å²) in [5.74, 6) is 0.523. The number of nitrogens with zero attached hydrogens (tertiary/aromatic N) is 1. The van der Waals surface area contributed by atoms with E-state index in [1.807, 2.05) is 31.3 Å². The van der Waals surface area contributed by atoms with Gasteiger partial charge in [-0.15, -0.1) is 0 Å². The summed E-state index contributed by atoms with van der Waals surface area (Å²) in [5, 5.41) is 6.71. The Labute approximate surface area is 201 Å². The van der Waals surface area contributed by atoms with E-state index in [-0.39, 0.29) is 17.2 Å². The summed E-state index contributed by atoms with van der Waals surface area (Å²) >= 11 is 5.94. The van der Waals surface area contributed by atoms with Gasteiger partial charge in [0.1, 0.15) is 5.70 Å². The van der Waals surface area contributed by atoms with Crippen LogP contribution >= 0.6 is 11.6 Å². The van der Waals surface area contributed by atoms with Gasteiger partial charge in [-0.25, -0.2) is 0 Å². The van der Waals surface area contributed by atoms with E-state index in [4.69, 9.17) is 22.3 Å². The number of carbonyl (C=O) groups excluding carboxylic acids is 2. The molecule has 3 fully saturated rings. The minimum absolute atomic E-state index is 0.0579. The maximum absolute atomic E-state index is 12.9. The number of carbonyl (C=O) groups is 2. The van der Waals surface area contributed by atoms with Gasteiger partial charge in [0.2, 0.25) is 5.91 Å². The molecule has 1 aromatic rings. The Morgan fingerprint density at radius 1 is 1.21 bits per heavy atom. The summed E-state index contributed by atoms with van der Waals surface area (Å²) in [6.07, 6.45) is 10.2. The lowest BCUT2D eigenvalue weighted by Crippen LogP contribution is -2.49. The number of aliphatic imine (C=N–C) groups is 1. The third-order valence-electron chi connectivity index (χ3n) is 7.88. The molecule has 2 saturated carbocycles. The predicted molar refractivity (Wildman–Crippen MR) is 132 cm³/mol. The summed E-state index contributed by atoms with van der Waals surface area (Å²) in [4.78, 5) is 29.1. The number of rotatable bonds is 7. The zero-order valence-electron chi connectivity index (χ0n) is 19.5. The van der Waals surface area contributed by atoms with Gasteiger partial charge < -0.3 is 16.4 Å². The minimum Gasteiger partial charge on any atom is -0.394 e. The lowest BCUT2D eigenvalue weighted by atomic mass is 9.52. The normalized spacial score (nSPS) is 26.7. The van der Waals surface area contributed by atoms with Gasteiger partial charge in [0.25, 0.3) is 5.91 Å². The van der Waals surface area contributed by atoms with Crippen molar-refractivity contribution in [2.45, 2.75) is 76.8 Å². The van der Waals surface area contributed by atoms with Gasteiger partial charge in [-0.2, -0.15) is 0 Å². The first kappa shape index (κ1) is 23.8. The van der Waals surface area contributed by atoms with E-state index in [0.717, 1.165) is 68.2 Å². The molecule has 1 aliphatic heterocycles. The fraction of sp³-hybridized carbons (Fsp3) is 0.577. The van der Waals surface area contributed by atoms with Crippen molar-refractivity contribution in [1.29, 1.82) is 0 Å². The molecular formula is C26H35ClN4O2. The first-order chi connectivity index (χ1) is 15.9. The van der Waals surface area contributed by atoms with E-state index in [1.165, 1.54) is 6.42 Å². The van der Waals surface area contributed by atoms with E-state index >= 15 is 0 Å². The second kappa shape index (κ2) is 10.3. The summed E-state index contributed by atoms with van der Waals surface area (Å²) < 4.78 is 0. The number of hydrogen-bond donors (Lipinski definition) is 3. The maximum atomic E-state index is 12.9. The SMILES string of the molecule is CN=C1C(=C(N)C(=O)NCc2ccc(Cl)cc2)CCC(CCC[C@H]2CCC(=O)N2)C12CCC2. The molecule has 1 saturated heterocycles. The summed E-state index contributed by atoms with van der Waals surface area (Å²) in [6, 6.07) is 7.77. The van der Waals surface area contributed by atoms with Crippen LogP contribution in [-0.4, -0.2) is 30.6 Å². The maximum Gasteiger partial charge on any atom is 0.267 e. The van der Waals surface area contributed by atoms with Crippen LogP contribution in [0.15, 0.2) is 40.5 Å². The smallest absolute Gasteiger partial charge is 0.267 e. The van der Waals surface area contributed by atoms with Crippen LogP contribution in [0.5, 0.6) is 0 Å². The molecular weight excluding hydrogens is 436 g/mol. The Morgan fingerprint density at radius 3 is 2.58 bits per heavy atom. The first-order valence-corrected chi connectivity index (χ1v) is 12.6. The topological polar surface area (TPSA) is 96.6 Å². The van der Waals surface area contributed by atoms with E-state index in [1.54, 1.807) is 0 Å². The summed E-state index contributed by atoms with van der Waals surface area (Å²) in [5.41, 5.74) is 9.75. The zero-order valence-corrected chi connectivity index (χ0v) is 20.2. The average Bonchev–Trinajstić information content (AvgIpc) is 3.21. The van der Waals surface area contributed by atoms with Crippen LogP contribution in [0, 0.1) is 11.3 Å². The molecule has 2 aliphatic carbocycles. The molecule has 1 unspecified atom stereocenters. The number of benzene rings is 1. The summed E-state index contributed by atoms with van der Waals surface area (Å²) in [7, 11) is 1.84. The lowest BCUT2D eigenvalue weighted by Gasteiger charge is -2.52. The van der Waals surface area contributed by atoms with Crippen LogP contribution in [0.25, 0.3) is 0 Å². The molecule has 33 heavy (non-hydrogen) atoms. The number of amides is 2. The fourth-order valence-corrected chi connectivity index (χ4v) is 6.10. The highest BCUT2D eigenvalue weighted by molar-refractivity contribution is 6.30. The Kier molecular flexibility index (Phi) is 7.42. The molecule has 2 amide bonds. The molecule has 4 N–H and O–H groups in total. The summed E-state index contributed by atoms with van der Waals surface area (Å²) in [6.45, 7) is 0.411. The van der Waals surface area contributed by atoms with Crippen molar-refractivity contribution in [2.75, 3.05) is 7.05 Å². The largest absolute Gasteiger partial charge is 0.394 e. The zero-order chi connectivity index (χ0) is 23.4. The molecule has 6 nitrogen and oxygen atoms in total. The highest BCUT2D eigenvalue weighted by Crippen LogP contribution is 2.56. The molecule has 7 heteroatoms. The van der Waals surface area contributed by atoms with Crippen molar-refractivity contribution < 1.29 is 9.59 Å². The third-order valence-corrected chi connectivity index (χ3v) is 8.13. The van der Waals surface area contributed by atoms with Gasteiger partial charge in [0, 0.05) is 47.8 Å². The molecule has 1 spiro atoms. The van der Waals surface area contributed by atoms with Crippen LogP contribution < -0.4 is 16.4 Å². The Bertz CT molecular complexity index is 950. The van der Waals surface area contributed by atoms with Crippen LogP contribution in [0.2, 0.25) is 5.02 Å². The highest BCUT2D eigenvalue weighted by Gasteiger charge is 2.51. The van der Waals surface area contributed by atoms with Crippen LogP contribution in [0.1, 0.15) is 69.8 Å². The fourth-order valence-electron chi connectivity index (χ4n) is 5.97. The van der Waals surface area contributed by atoms with E-state index in [2.05, 4.69) is 10.6 Å². The molecule has 0 aromatic heterocycles. The van der Waals surface area contributed by atoms with Gasteiger partial charge in [-0.05, 0) is 68.6 Å². The number of nitrogens with one attached hydrogen (secondary N) is 2. The second-order valence-corrected chi connectivity index (χ2v) is 10.2. The van der Waals surface area contributed by atoms with Gasteiger partial charge in [-0.1, -0.05) is 36.6 Å². The van der Waals surface area contributed by atoms with Crippen molar-refractivity contribution in [3.05, 3.63) is 46.1 Å². The first-order valence-electron chi connectivity index (χ1n) is 12.2. The third kappa shape index (κ3) is 5.11. The Hall–Kier alpha value is -2.34. The van der Waals surface area contributed by atoms with Gasteiger partial charge in [0.15, 0.2) is 0 Å². The lowest BCUT2D eigenvalue weighted by molar-refractivity contribution is -0.119. The minimum atomic E-state index is -0.231. The van der Waals surface area contributed by atoms with Crippen molar-refractivity contribution in [3.8, 4) is 0 Å². The average molecular weight is 471 g/mol. The van der Waals surface area contributed by atoms with E-state index in [9.17, 15) is 9.59 Å². The number of allylic oxidation sites excluding steroid dienone is 1. The molecule has 4 rings (SSSR count). The molecule has 2 atom stereocenters. The van der Waals surface area contributed by atoms with Crippen molar-refractivity contribution >= 4 is 29.1 Å². The van der Waals surface area contributed by atoms with Crippen LogP contribution in [0.4, 0.5) is 0 Å². The Balaban J connectivity index is 1.41. The number of nitrogens with two attached hydrogens (primary N) is 1. The Morgan fingerprint density at radius 2 is 1.97 bits per heavy atom. The van der Waals surface area contributed by atoms with E-state index in [0.29, 0.717) is 35.6 Å². The molecule has 3 aliphatic rings. The van der Waals surface area contributed by atoms with Crippen molar-refractivity contribution in [2.24, 2.45) is 22.1 Å². The van der Waals surface area contributed by atoms with E-state index < -0.39 is 0 Å². The van der Waals surface area contributed by atoms with Crippen LogP contribution in [-0.2, 0) is 16.1 Å². The van der Waals surface area contributed by atoms with Gasteiger partial charge in [0.05, 0.1) is 0 Å². The number of hydrogen-bond acceptors (Lipinski definition) is 4. The second-order valence-electron chi connectivity index (χ2n) is 9.75.